The van der Waals surface area contributed by atoms with Gasteiger partial charge in [0.1, 0.15) is 0 Å². The predicted molar refractivity (Wildman–Crippen MR) is 136 cm³/mol. The first-order chi connectivity index (χ1) is 17.3. The molecule has 1 aliphatic heterocycles. The molecule has 1 heterocycles. The summed E-state index contributed by atoms with van der Waals surface area (Å²) in [6.45, 7) is 0. The standard InChI is InChI=1S/C25H20ClN3O6S/c26-23-21(36-20-8-4-3-7-19(20)29(34)35)12-16-22(23)15-11-13(25(30)31)9-10-17(15)27-24(16)14-5-1-2-6-18(14)28(32)33/h1-11,16,21-24,27H,12H2,(H,30,31). The van der Waals surface area contributed by atoms with Crippen LogP contribution in [0.2, 0.25) is 0 Å². The highest BCUT2D eigenvalue weighted by Crippen LogP contribution is 2.58. The second kappa shape index (κ2) is 9.44. The number of carbonyl (C=O) groups is 1. The van der Waals surface area contributed by atoms with Crippen molar-refractivity contribution in [3.63, 3.8) is 0 Å². The third kappa shape index (κ3) is 4.16. The first-order valence-electron chi connectivity index (χ1n) is 11.2. The number of nitrogens with one attached hydrogen (secondary N) is 1. The molecule has 3 aromatic rings. The molecular weight excluding hydrogens is 506 g/mol. The molecule has 5 rings (SSSR count). The van der Waals surface area contributed by atoms with Gasteiger partial charge in [-0.1, -0.05) is 30.3 Å². The average Bonchev–Trinajstić information content (AvgIpc) is 3.19. The quantitative estimate of drug-likeness (QED) is 0.219. The molecule has 1 aliphatic carbocycles. The number of anilines is 1. The molecule has 184 valence electrons. The zero-order valence-electron chi connectivity index (χ0n) is 18.6. The highest BCUT2D eigenvalue weighted by Gasteiger charge is 2.51. The Hall–Kier alpha value is -3.63. The Labute approximate surface area is 214 Å². The maximum absolute atomic E-state index is 11.8. The lowest BCUT2D eigenvalue weighted by Gasteiger charge is -2.38. The van der Waals surface area contributed by atoms with E-state index in [0.29, 0.717) is 22.6 Å². The zero-order chi connectivity index (χ0) is 25.6. The summed E-state index contributed by atoms with van der Waals surface area (Å²) in [5, 5.41) is 35.6. The van der Waals surface area contributed by atoms with Crippen LogP contribution in [0.5, 0.6) is 0 Å². The monoisotopic (exact) mass is 525 g/mol. The van der Waals surface area contributed by atoms with E-state index in [9.17, 15) is 30.1 Å². The molecule has 0 bridgehead atoms. The fraction of sp³-hybridized carbons (Fsp3) is 0.240. The van der Waals surface area contributed by atoms with E-state index in [2.05, 4.69) is 5.32 Å². The van der Waals surface area contributed by atoms with Gasteiger partial charge >= 0.3 is 5.97 Å². The van der Waals surface area contributed by atoms with Gasteiger partial charge in [0.15, 0.2) is 0 Å². The molecule has 0 radical (unpaired) electrons. The van der Waals surface area contributed by atoms with Gasteiger partial charge in [-0.25, -0.2) is 4.79 Å². The minimum atomic E-state index is -1.06. The fourth-order valence-corrected chi connectivity index (χ4v) is 7.29. The van der Waals surface area contributed by atoms with Gasteiger partial charge in [0, 0.05) is 29.0 Å². The van der Waals surface area contributed by atoms with Crippen LogP contribution in [0.4, 0.5) is 17.1 Å². The maximum atomic E-state index is 11.8. The Balaban J connectivity index is 1.60. The Morgan fingerprint density at radius 2 is 1.64 bits per heavy atom. The fourth-order valence-electron chi connectivity index (χ4n) is 5.34. The number of thioether (sulfide) groups is 1. The van der Waals surface area contributed by atoms with Gasteiger partial charge in [-0.15, -0.1) is 23.4 Å². The molecule has 0 amide bonds. The highest BCUT2D eigenvalue weighted by atomic mass is 35.5. The number of carboxylic acids is 1. The number of nitrogens with zero attached hydrogens (tertiary/aromatic N) is 2. The number of nitro groups is 2. The van der Waals surface area contributed by atoms with Crippen molar-refractivity contribution in [2.75, 3.05) is 5.32 Å². The summed E-state index contributed by atoms with van der Waals surface area (Å²) in [7, 11) is 0. The van der Waals surface area contributed by atoms with E-state index in [-0.39, 0.29) is 34.0 Å². The van der Waals surface area contributed by atoms with E-state index in [1.165, 1.54) is 30.0 Å². The van der Waals surface area contributed by atoms with Gasteiger partial charge < -0.3 is 10.4 Å². The molecule has 9 nitrogen and oxygen atoms in total. The van der Waals surface area contributed by atoms with Gasteiger partial charge in [-0.3, -0.25) is 20.2 Å². The molecule has 5 atom stereocenters. The van der Waals surface area contributed by atoms with Crippen molar-refractivity contribution in [1.82, 2.24) is 0 Å². The smallest absolute Gasteiger partial charge is 0.335 e. The van der Waals surface area contributed by atoms with Gasteiger partial charge in [0.25, 0.3) is 11.4 Å². The highest BCUT2D eigenvalue weighted by molar-refractivity contribution is 8.00. The summed E-state index contributed by atoms with van der Waals surface area (Å²) >= 11 is 8.37. The maximum Gasteiger partial charge on any atom is 0.335 e. The Morgan fingerprint density at radius 3 is 2.33 bits per heavy atom. The van der Waals surface area contributed by atoms with Gasteiger partial charge in [-0.05, 0) is 42.2 Å². The van der Waals surface area contributed by atoms with Crippen LogP contribution < -0.4 is 5.32 Å². The van der Waals surface area contributed by atoms with E-state index >= 15 is 0 Å². The Kier molecular flexibility index (Phi) is 6.31. The number of aromatic carboxylic acids is 1. The summed E-state index contributed by atoms with van der Waals surface area (Å²) < 4.78 is 0. The molecule has 5 unspecified atom stereocenters. The molecular formula is C25H20ClN3O6S. The number of para-hydroxylation sites is 2. The Morgan fingerprint density at radius 1 is 0.972 bits per heavy atom. The number of nitro benzene ring substituents is 2. The van der Waals surface area contributed by atoms with Crippen LogP contribution in [0.1, 0.15) is 39.9 Å². The normalized spacial score (nSPS) is 24.3. The Bertz CT molecular complexity index is 1390. The van der Waals surface area contributed by atoms with Crippen LogP contribution in [0.15, 0.2) is 71.6 Å². The topological polar surface area (TPSA) is 136 Å². The molecule has 0 spiro atoms. The molecule has 0 saturated heterocycles. The molecule has 2 aliphatic rings. The number of hydrogen-bond acceptors (Lipinski definition) is 7. The number of hydrogen-bond donors (Lipinski definition) is 2. The molecule has 36 heavy (non-hydrogen) atoms. The van der Waals surface area contributed by atoms with E-state index < -0.39 is 27.2 Å². The third-order valence-corrected chi connectivity index (χ3v) is 8.98. The molecule has 0 aromatic heterocycles. The molecule has 3 aromatic carbocycles. The lowest BCUT2D eigenvalue weighted by atomic mass is 9.76. The van der Waals surface area contributed by atoms with Crippen molar-refractivity contribution in [1.29, 1.82) is 0 Å². The summed E-state index contributed by atoms with van der Waals surface area (Å²) in [6.07, 6.45) is 0.524. The van der Waals surface area contributed by atoms with E-state index in [1.54, 1.807) is 48.5 Å². The number of carboxylic acid groups (broad SMARTS) is 1. The largest absolute Gasteiger partial charge is 0.478 e. The molecule has 1 saturated carbocycles. The van der Waals surface area contributed by atoms with Crippen molar-refractivity contribution in [2.45, 2.75) is 33.9 Å². The van der Waals surface area contributed by atoms with Crippen LogP contribution in [0.3, 0.4) is 0 Å². The molecule has 11 heteroatoms. The van der Waals surface area contributed by atoms with Crippen LogP contribution in [0.25, 0.3) is 0 Å². The van der Waals surface area contributed by atoms with Crippen molar-refractivity contribution >= 4 is 46.4 Å². The number of benzene rings is 3. The van der Waals surface area contributed by atoms with Gasteiger partial charge in [-0.2, -0.15) is 0 Å². The first kappa shape index (κ1) is 24.1. The minimum Gasteiger partial charge on any atom is -0.478 e. The first-order valence-corrected chi connectivity index (χ1v) is 12.5. The lowest BCUT2D eigenvalue weighted by Crippen LogP contribution is -2.31. The van der Waals surface area contributed by atoms with Gasteiger partial charge in [0.05, 0.1) is 37.3 Å². The second-order valence-corrected chi connectivity index (χ2v) is 10.6. The third-order valence-electron chi connectivity index (χ3n) is 6.87. The van der Waals surface area contributed by atoms with E-state index in [1.807, 2.05) is 0 Å². The summed E-state index contributed by atoms with van der Waals surface area (Å²) in [5.74, 6) is -1.58. The van der Waals surface area contributed by atoms with Crippen molar-refractivity contribution in [3.05, 3.63) is 104 Å². The summed E-state index contributed by atoms with van der Waals surface area (Å²) in [6, 6.07) is 17.3. The zero-order valence-corrected chi connectivity index (χ0v) is 20.2. The summed E-state index contributed by atoms with van der Waals surface area (Å²) in [4.78, 5) is 34.7. The predicted octanol–water partition coefficient (Wildman–Crippen LogP) is 6.24. The van der Waals surface area contributed by atoms with Crippen LogP contribution >= 0.6 is 23.4 Å². The second-order valence-electron chi connectivity index (χ2n) is 8.80. The average molecular weight is 526 g/mol. The number of halogens is 1. The van der Waals surface area contributed by atoms with E-state index in [4.69, 9.17) is 11.6 Å². The molecule has 1 fully saturated rings. The summed E-state index contributed by atoms with van der Waals surface area (Å²) in [5.41, 5.74) is 2.03. The number of rotatable bonds is 6. The minimum absolute atomic E-state index is 0.0109. The van der Waals surface area contributed by atoms with Gasteiger partial charge in [0.2, 0.25) is 0 Å². The van der Waals surface area contributed by atoms with Crippen LogP contribution in [0, 0.1) is 26.1 Å². The number of alkyl halides is 1. The lowest BCUT2D eigenvalue weighted by molar-refractivity contribution is -0.387. The van der Waals surface area contributed by atoms with Crippen LogP contribution in [-0.4, -0.2) is 31.5 Å². The van der Waals surface area contributed by atoms with Crippen molar-refractivity contribution < 1.29 is 19.7 Å². The molecule has 2 N–H and O–H groups in total. The SMILES string of the molecule is O=C(O)c1ccc2c(c1)C1C(Cl)C(Sc3ccccc3[N+](=O)[O-])CC1C(c1ccccc1[N+](=O)[O-])N2. The van der Waals surface area contributed by atoms with Crippen molar-refractivity contribution in [3.8, 4) is 0 Å². The number of fused-ring (bicyclic) bond motifs is 3. The van der Waals surface area contributed by atoms with E-state index in [0.717, 1.165) is 5.56 Å². The van der Waals surface area contributed by atoms with Crippen LogP contribution in [-0.2, 0) is 0 Å². The van der Waals surface area contributed by atoms with Crippen molar-refractivity contribution in [2.24, 2.45) is 5.92 Å².